The number of benzene rings is 1. The Hall–Kier alpha value is -0.520. The molecule has 2 rings (SSSR count). The van der Waals surface area contributed by atoms with E-state index >= 15 is 0 Å². The fraction of sp³-hybridized carbons (Fsp3) is 0.462. The van der Waals surface area contributed by atoms with Crippen LogP contribution >= 0.6 is 37.2 Å². The quantitative estimate of drug-likeness (QED) is 0.915. The highest BCUT2D eigenvalue weighted by Gasteiger charge is 2.13. The van der Waals surface area contributed by atoms with Gasteiger partial charge in [-0.1, -0.05) is 12.1 Å². The summed E-state index contributed by atoms with van der Waals surface area (Å²) >= 11 is 0. The second-order valence-corrected chi connectivity index (χ2v) is 4.58. The molecule has 0 amide bonds. The van der Waals surface area contributed by atoms with Crippen molar-refractivity contribution in [2.45, 2.75) is 6.54 Å². The molecule has 1 saturated heterocycles. The van der Waals surface area contributed by atoms with E-state index in [2.05, 4.69) is 16.8 Å². The number of nitrogens with zero attached hydrogens (tertiary/aromatic N) is 2. The Morgan fingerprint density at radius 1 is 1.05 bits per heavy atom. The van der Waals surface area contributed by atoms with Crippen LogP contribution < -0.4 is 0 Å². The zero-order valence-electron chi connectivity index (χ0n) is 11.3. The van der Waals surface area contributed by atoms with Crippen molar-refractivity contribution in [3.8, 4) is 0 Å². The van der Waals surface area contributed by atoms with Gasteiger partial charge in [-0.15, -0.1) is 37.2 Å². The molecule has 1 fully saturated rings. The average Bonchev–Trinajstić information content (AvgIpc) is 2.33. The molecular weight excluding hydrogens is 323 g/mol. The maximum atomic E-state index is 10.7. The highest BCUT2D eigenvalue weighted by atomic mass is 35.5. The molecule has 0 unspecified atom stereocenters. The van der Waals surface area contributed by atoms with Crippen LogP contribution in [0.4, 0.5) is 0 Å². The van der Waals surface area contributed by atoms with E-state index in [9.17, 15) is 4.79 Å². The number of likely N-dealkylation sites (N-methyl/N-ethyl adjacent to an activating group) is 1. The summed E-state index contributed by atoms with van der Waals surface area (Å²) in [5.41, 5.74) is 1.53. The number of carboxylic acid groups (broad SMARTS) is 1. The number of carbonyl (C=O) groups is 1. The summed E-state index contributed by atoms with van der Waals surface area (Å²) in [6.45, 7) is 5.28. The fourth-order valence-electron chi connectivity index (χ4n) is 2.02. The van der Waals surface area contributed by atoms with Gasteiger partial charge in [-0.3, -0.25) is 4.90 Å². The van der Waals surface area contributed by atoms with Gasteiger partial charge in [0.15, 0.2) is 0 Å². The number of halogens is 3. The number of hydrogen-bond acceptors (Lipinski definition) is 3. The lowest BCUT2D eigenvalue weighted by Crippen LogP contribution is -2.43. The fourth-order valence-corrected chi connectivity index (χ4v) is 2.02. The molecule has 0 atom stereocenters. The summed E-state index contributed by atoms with van der Waals surface area (Å²) in [5.74, 6) is -0.865. The van der Waals surface area contributed by atoms with Crippen LogP contribution in [0.25, 0.3) is 0 Å². The van der Waals surface area contributed by atoms with Gasteiger partial charge in [-0.05, 0) is 24.7 Å². The average molecular weight is 344 g/mol. The predicted molar refractivity (Wildman–Crippen MR) is 87.9 cm³/mol. The van der Waals surface area contributed by atoms with Crippen LogP contribution in [0.2, 0.25) is 0 Å². The van der Waals surface area contributed by atoms with Gasteiger partial charge in [0.25, 0.3) is 0 Å². The molecule has 4 nitrogen and oxygen atoms in total. The van der Waals surface area contributed by atoms with E-state index in [0.717, 1.165) is 32.7 Å². The molecule has 0 radical (unpaired) electrons. The Balaban J connectivity index is 0. The molecule has 1 aromatic carbocycles. The lowest BCUT2D eigenvalue weighted by atomic mass is 10.1. The van der Waals surface area contributed by atoms with Crippen LogP contribution in [-0.4, -0.2) is 54.1 Å². The van der Waals surface area contributed by atoms with Crippen LogP contribution in [0.5, 0.6) is 0 Å². The molecule has 1 aliphatic heterocycles. The van der Waals surface area contributed by atoms with Crippen LogP contribution in [0.15, 0.2) is 24.3 Å². The first kappa shape index (κ1) is 21.8. The smallest absolute Gasteiger partial charge is 0.335 e. The standard InChI is InChI=1S/C13H18N2O2.3ClH/c1-14-6-8-15(9-7-14)10-11-2-4-12(5-3-11)13(16)17;;;/h2-5H,6-10H2,1H3,(H,16,17);3*1H. The highest BCUT2D eigenvalue weighted by molar-refractivity contribution is 5.87. The minimum absolute atomic E-state index is 0. The van der Waals surface area contributed by atoms with E-state index in [-0.39, 0.29) is 37.2 Å². The van der Waals surface area contributed by atoms with E-state index in [1.807, 2.05) is 12.1 Å². The van der Waals surface area contributed by atoms with E-state index in [1.165, 1.54) is 5.56 Å². The maximum absolute atomic E-state index is 10.7. The second kappa shape index (κ2) is 10.2. The van der Waals surface area contributed by atoms with Gasteiger partial charge in [-0.2, -0.15) is 0 Å². The van der Waals surface area contributed by atoms with E-state index < -0.39 is 5.97 Å². The monoisotopic (exact) mass is 342 g/mol. The molecule has 0 spiro atoms. The molecule has 1 aliphatic rings. The molecule has 0 aromatic heterocycles. The summed E-state index contributed by atoms with van der Waals surface area (Å²) < 4.78 is 0. The summed E-state index contributed by atoms with van der Waals surface area (Å²) in [6.07, 6.45) is 0. The number of piperazine rings is 1. The van der Waals surface area contributed by atoms with Gasteiger partial charge in [0.05, 0.1) is 5.56 Å². The van der Waals surface area contributed by atoms with Crippen molar-refractivity contribution in [3.63, 3.8) is 0 Å². The first-order chi connectivity index (χ1) is 8.15. The highest BCUT2D eigenvalue weighted by Crippen LogP contribution is 2.09. The molecule has 0 aliphatic carbocycles. The first-order valence-corrected chi connectivity index (χ1v) is 5.88. The number of hydrogen-bond donors (Lipinski definition) is 1. The van der Waals surface area contributed by atoms with Crippen LogP contribution in [0.3, 0.4) is 0 Å². The van der Waals surface area contributed by atoms with Crippen LogP contribution in [-0.2, 0) is 6.54 Å². The second-order valence-electron chi connectivity index (χ2n) is 4.58. The van der Waals surface area contributed by atoms with Gasteiger partial charge >= 0.3 is 5.97 Å². The predicted octanol–water partition coefficient (Wildman–Crippen LogP) is 2.40. The van der Waals surface area contributed by atoms with Crippen molar-refractivity contribution < 1.29 is 9.90 Å². The molecule has 20 heavy (non-hydrogen) atoms. The van der Waals surface area contributed by atoms with Gasteiger partial charge in [0, 0.05) is 32.7 Å². The van der Waals surface area contributed by atoms with Gasteiger partial charge in [0.2, 0.25) is 0 Å². The molecule has 7 heteroatoms. The zero-order chi connectivity index (χ0) is 12.3. The minimum Gasteiger partial charge on any atom is -0.478 e. The molecular formula is C13H21Cl3N2O2. The van der Waals surface area contributed by atoms with Gasteiger partial charge < -0.3 is 10.0 Å². The lowest BCUT2D eigenvalue weighted by Gasteiger charge is -2.32. The van der Waals surface area contributed by atoms with E-state index in [1.54, 1.807) is 12.1 Å². The summed E-state index contributed by atoms with van der Waals surface area (Å²) in [6, 6.07) is 7.16. The van der Waals surface area contributed by atoms with Gasteiger partial charge in [0.1, 0.15) is 0 Å². The lowest BCUT2D eigenvalue weighted by molar-refractivity contribution is 0.0697. The van der Waals surface area contributed by atoms with Crippen LogP contribution in [0, 0.1) is 0 Å². The first-order valence-electron chi connectivity index (χ1n) is 5.88. The number of carboxylic acids is 1. The van der Waals surface area contributed by atoms with Gasteiger partial charge in [-0.25, -0.2) is 4.79 Å². The number of aromatic carboxylic acids is 1. The van der Waals surface area contributed by atoms with Crippen molar-refractivity contribution in [3.05, 3.63) is 35.4 Å². The SMILES string of the molecule is CN1CCN(Cc2ccc(C(=O)O)cc2)CC1.Cl.Cl.Cl. The Kier molecular flexibility index (Phi) is 11.1. The normalized spacial score (nSPS) is 15.4. The molecule has 116 valence electrons. The van der Waals surface area contributed by atoms with E-state index in [4.69, 9.17) is 5.11 Å². The largest absolute Gasteiger partial charge is 0.478 e. The molecule has 0 saturated carbocycles. The maximum Gasteiger partial charge on any atom is 0.335 e. The summed E-state index contributed by atoms with van der Waals surface area (Å²) in [5, 5.41) is 8.81. The Morgan fingerprint density at radius 3 is 2.00 bits per heavy atom. The third-order valence-corrected chi connectivity index (χ3v) is 3.20. The van der Waals surface area contributed by atoms with Crippen molar-refractivity contribution in [1.82, 2.24) is 9.80 Å². The van der Waals surface area contributed by atoms with Crippen molar-refractivity contribution in [2.75, 3.05) is 33.2 Å². The molecule has 1 heterocycles. The Morgan fingerprint density at radius 2 is 1.55 bits per heavy atom. The minimum atomic E-state index is -0.865. The third kappa shape index (κ3) is 6.29. The molecule has 1 aromatic rings. The number of rotatable bonds is 3. The van der Waals surface area contributed by atoms with E-state index in [0.29, 0.717) is 5.56 Å². The molecule has 0 bridgehead atoms. The topological polar surface area (TPSA) is 43.8 Å². The Bertz CT molecular complexity index is 393. The Labute approximate surface area is 138 Å². The van der Waals surface area contributed by atoms with Crippen molar-refractivity contribution in [2.24, 2.45) is 0 Å². The summed E-state index contributed by atoms with van der Waals surface area (Å²) in [7, 11) is 2.14. The molecule has 1 N–H and O–H groups in total. The zero-order valence-corrected chi connectivity index (χ0v) is 13.8. The third-order valence-electron chi connectivity index (χ3n) is 3.20. The van der Waals surface area contributed by atoms with Crippen molar-refractivity contribution >= 4 is 43.2 Å². The van der Waals surface area contributed by atoms with Crippen LogP contribution in [0.1, 0.15) is 15.9 Å². The van der Waals surface area contributed by atoms with Crippen molar-refractivity contribution in [1.29, 1.82) is 0 Å². The summed E-state index contributed by atoms with van der Waals surface area (Å²) in [4.78, 5) is 15.4.